The Morgan fingerprint density at radius 3 is 3.00 bits per heavy atom. The lowest BCUT2D eigenvalue weighted by molar-refractivity contribution is 0.737. The molecule has 0 aliphatic rings. The maximum Gasteiger partial charge on any atom is 0.130 e. The Balaban J connectivity index is 2.60. The second-order valence-corrected chi connectivity index (χ2v) is 3.27. The molecular formula is C13H14N2. The third-order valence-electron chi connectivity index (χ3n) is 2.04. The number of aromatic nitrogens is 1. The summed E-state index contributed by atoms with van der Waals surface area (Å²) >= 11 is 0. The van der Waals surface area contributed by atoms with Gasteiger partial charge in [-0.25, -0.2) is 4.98 Å². The summed E-state index contributed by atoms with van der Waals surface area (Å²) in [6.45, 7) is 2.17. The molecule has 0 saturated carbocycles. The van der Waals surface area contributed by atoms with E-state index in [4.69, 9.17) is 5.26 Å². The van der Waals surface area contributed by atoms with Crippen LogP contribution in [0.25, 0.3) is 0 Å². The molecule has 0 spiro atoms. The standard InChI is InChI=1S/C13H14N2/c1-2-3-4-5-6-9-13-12(11-14)8-7-10-15-13/h7-8,10H,2-5H2,1H3. The van der Waals surface area contributed by atoms with Crippen molar-refractivity contribution in [1.82, 2.24) is 4.98 Å². The molecule has 1 rings (SSSR count). The Morgan fingerprint density at radius 1 is 1.40 bits per heavy atom. The van der Waals surface area contributed by atoms with Crippen LogP contribution in [0.15, 0.2) is 18.3 Å². The predicted molar refractivity (Wildman–Crippen MR) is 60.0 cm³/mol. The largest absolute Gasteiger partial charge is 0.246 e. The van der Waals surface area contributed by atoms with Crippen LogP contribution in [-0.2, 0) is 0 Å². The van der Waals surface area contributed by atoms with Crippen molar-refractivity contribution in [2.75, 3.05) is 0 Å². The molecule has 0 amide bonds. The predicted octanol–water partition coefficient (Wildman–Crippen LogP) is 2.89. The summed E-state index contributed by atoms with van der Waals surface area (Å²) in [5, 5.41) is 8.80. The lowest BCUT2D eigenvalue weighted by atomic mass is 10.2. The molecule has 1 heterocycles. The average Bonchev–Trinajstić information content (AvgIpc) is 2.29. The molecule has 76 valence electrons. The van der Waals surface area contributed by atoms with Gasteiger partial charge in [-0.3, -0.25) is 0 Å². The zero-order chi connectivity index (χ0) is 10.9. The monoisotopic (exact) mass is 198 g/mol. The zero-order valence-corrected chi connectivity index (χ0v) is 8.95. The normalized spacial score (nSPS) is 8.80. The summed E-state index contributed by atoms with van der Waals surface area (Å²) in [6, 6.07) is 5.57. The van der Waals surface area contributed by atoms with Crippen molar-refractivity contribution in [3.8, 4) is 17.9 Å². The first kappa shape index (κ1) is 11.3. The number of unbranched alkanes of at least 4 members (excludes halogenated alkanes) is 3. The highest BCUT2D eigenvalue weighted by molar-refractivity contribution is 5.42. The van der Waals surface area contributed by atoms with Gasteiger partial charge in [-0.1, -0.05) is 25.7 Å². The highest BCUT2D eigenvalue weighted by Crippen LogP contribution is 2.02. The lowest BCUT2D eigenvalue weighted by Crippen LogP contribution is -1.86. The Kier molecular flexibility index (Phi) is 4.98. The number of rotatable bonds is 3. The van der Waals surface area contributed by atoms with E-state index < -0.39 is 0 Å². The molecule has 0 unspecified atom stereocenters. The first-order valence-corrected chi connectivity index (χ1v) is 5.22. The van der Waals surface area contributed by atoms with Crippen molar-refractivity contribution in [2.45, 2.75) is 32.6 Å². The molecule has 2 nitrogen and oxygen atoms in total. The fourth-order valence-corrected chi connectivity index (χ4v) is 1.20. The first-order chi connectivity index (χ1) is 7.38. The van der Waals surface area contributed by atoms with Crippen molar-refractivity contribution in [2.24, 2.45) is 0 Å². The summed E-state index contributed by atoms with van der Waals surface area (Å²) in [5.41, 5.74) is 1.15. The molecule has 0 fully saturated rings. The molecule has 0 aliphatic heterocycles. The average molecular weight is 198 g/mol. The third-order valence-corrected chi connectivity index (χ3v) is 2.04. The second-order valence-electron chi connectivity index (χ2n) is 3.27. The third kappa shape index (κ3) is 3.83. The van der Waals surface area contributed by atoms with Gasteiger partial charge >= 0.3 is 0 Å². The van der Waals surface area contributed by atoms with Crippen molar-refractivity contribution in [3.63, 3.8) is 0 Å². The molecule has 2 heteroatoms. The smallest absolute Gasteiger partial charge is 0.130 e. The molecule has 0 radical (unpaired) electrons. The Morgan fingerprint density at radius 2 is 2.27 bits per heavy atom. The highest BCUT2D eigenvalue weighted by Gasteiger charge is 1.96. The maximum absolute atomic E-state index is 8.80. The molecule has 0 saturated heterocycles. The lowest BCUT2D eigenvalue weighted by Gasteiger charge is -1.92. The van der Waals surface area contributed by atoms with Gasteiger partial charge in [0, 0.05) is 12.6 Å². The molecule has 0 bridgehead atoms. The number of hydrogen-bond acceptors (Lipinski definition) is 2. The molecule has 0 N–H and O–H groups in total. The molecular weight excluding hydrogens is 184 g/mol. The topological polar surface area (TPSA) is 36.7 Å². The van der Waals surface area contributed by atoms with Gasteiger partial charge in [-0.05, 0) is 24.5 Å². The molecule has 0 aromatic carbocycles. The van der Waals surface area contributed by atoms with Gasteiger partial charge in [0.05, 0.1) is 5.56 Å². The summed E-state index contributed by atoms with van der Waals surface area (Å²) in [5.74, 6) is 5.99. The van der Waals surface area contributed by atoms with Gasteiger partial charge in [-0.15, -0.1) is 0 Å². The van der Waals surface area contributed by atoms with Crippen molar-refractivity contribution in [1.29, 1.82) is 5.26 Å². The molecule has 15 heavy (non-hydrogen) atoms. The van der Waals surface area contributed by atoms with Crippen LogP contribution in [0.4, 0.5) is 0 Å². The van der Waals surface area contributed by atoms with Gasteiger partial charge < -0.3 is 0 Å². The van der Waals surface area contributed by atoms with Crippen LogP contribution in [0.5, 0.6) is 0 Å². The summed E-state index contributed by atoms with van der Waals surface area (Å²) in [6.07, 6.45) is 6.08. The fraction of sp³-hybridized carbons (Fsp3) is 0.385. The minimum absolute atomic E-state index is 0.556. The van der Waals surface area contributed by atoms with Gasteiger partial charge in [0.2, 0.25) is 0 Å². The van der Waals surface area contributed by atoms with E-state index in [2.05, 4.69) is 29.8 Å². The van der Waals surface area contributed by atoms with E-state index in [1.54, 1.807) is 18.3 Å². The van der Waals surface area contributed by atoms with Crippen LogP contribution >= 0.6 is 0 Å². The second kappa shape index (κ2) is 6.62. The minimum Gasteiger partial charge on any atom is -0.246 e. The van der Waals surface area contributed by atoms with Crippen molar-refractivity contribution >= 4 is 0 Å². The SMILES string of the molecule is CCCCCC#Cc1ncccc1C#N. The quantitative estimate of drug-likeness (QED) is 0.553. The van der Waals surface area contributed by atoms with E-state index in [-0.39, 0.29) is 0 Å². The van der Waals surface area contributed by atoms with Crippen LogP contribution in [0.2, 0.25) is 0 Å². The summed E-state index contributed by atoms with van der Waals surface area (Å²) in [4.78, 5) is 4.07. The number of hydrogen-bond donors (Lipinski definition) is 0. The fourth-order valence-electron chi connectivity index (χ4n) is 1.20. The Bertz CT molecular complexity index is 405. The van der Waals surface area contributed by atoms with E-state index >= 15 is 0 Å². The maximum atomic E-state index is 8.80. The number of nitrogens with zero attached hydrogens (tertiary/aromatic N) is 2. The van der Waals surface area contributed by atoms with Crippen LogP contribution in [0, 0.1) is 23.2 Å². The van der Waals surface area contributed by atoms with Gasteiger partial charge in [0.15, 0.2) is 0 Å². The summed E-state index contributed by atoms with van der Waals surface area (Å²) < 4.78 is 0. The molecule has 0 aliphatic carbocycles. The van der Waals surface area contributed by atoms with Gasteiger partial charge in [0.25, 0.3) is 0 Å². The van der Waals surface area contributed by atoms with Crippen LogP contribution in [-0.4, -0.2) is 4.98 Å². The van der Waals surface area contributed by atoms with Crippen LogP contribution < -0.4 is 0 Å². The summed E-state index contributed by atoms with van der Waals surface area (Å²) in [7, 11) is 0. The number of nitriles is 1. The van der Waals surface area contributed by atoms with E-state index in [0.717, 1.165) is 12.8 Å². The Hall–Kier alpha value is -1.80. The van der Waals surface area contributed by atoms with Crippen molar-refractivity contribution < 1.29 is 0 Å². The molecule has 0 atom stereocenters. The number of pyridine rings is 1. The first-order valence-electron chi connectivity index (χ1n) is 5.22. The molecule has 1 aromatic rings. The van der Waals surface area contributed by atoms with E-state index in [1.807, 2.05) is 0 Å². The van der Waals surface area contributed by atoms with Crippen molar-refractivity contribution in [3.05, 3.63) is 29.6 Å². The Labute approximate surface area is 91.0 Å². The van der Waals surface area contributed by atoms with Crippen LogP contribution in [0.1, 0.15) is 43.9 Å². The van der Waals surface area contributed by atoms with E-state index in [1.165, 1.54) is 12.8 Å². The zero-order valence-electron chi connectivity index (χ0n) is 8.95. The van der Waals surface area contributed by atoms with Gasteiger partial charge in [0.1, 0.15) is 11.8 Å². The minimum atomic E-state index is 0.556. The van der Waals surface area contributed by atoms with E-state index in [9.17, 15) is 0 Å². The molecule has 1 aromatic heterocycles. The van der Waals surface area contributed by atoms with Gasteiger partial charge in [-0.2, -0.15) is 5.26 Å². The van der Waals surface area contributed by atoms with Crippen LogP contribution in [0.3, 0.4) is 0 Å². The highest BCUT2D eigenvalue weighted by atomic mass is 14.7. The van der Waals surface area contributed by atoms with E-state index in [0.29, 0.717) is 11.3 Å².